The maximum absolute atomic E-state index is 12.8. The van der Waals surface area contributed by atoms with Crippen LogP contribution < -0.4 is 0 Å². The fourth-order valence-electron chi connectivity index (χ4n) is 2.87. The van der Waals surface area contributed by atoms with E-state index in [4.69, 9.17) is 0 Å². The third-order valence-electron chi connectivity index (χ3n) is 4.21. The fraction of sp³-hybridized carbons (Fsp3) is 0.556. The van der Waals surface area contributed by atoms with Crippen LogP contribution >= 0.6 is 0 Å². The van der Waals surface area contributed by atoms with E-state index in [0.29, 0.717) is 11.4 Å². The van der Waals surface area contributed by atoms with Crippen molar-refractivity contribution in [3.05, 3.63) is 42.0 Å². The second-order valence-corrected chi connectivity index (χ2v) is 7.95. The zero-order chi connectivity index (χ0) is 16.0. The average molecular weight is 321 g/mol. The first-order chi connectivity index (χ1) is 10.6. The van der Waals surface area contributed by atoms with Crippen molar-refractivity contribution in [2.75, 3.05) is 6.54 Å². The van der Waals surface area contributed by atoms with Gasteiger partial charge in [0.25, 0.3) is 0 Å². The Kier molecular flexibility index (Phi) is 6.21. The van der Waals surface area contributed by atoms with Crippen LogP contribution in [0.5, 0.6) is 0 Å². The Morgan fingerprint density at radius 3 is 2.64 bits per heavy atom. The Morgan fingerprint density at radius 2 is 1.95 bits per heavy atom. The maximum atomic E-state index is 12.8. The van der Waals surface area contributed by atoms with Gasteiger partial charge in [0.15, 0.2) is 0 Å². The zero-order valence-corrected chi connectivity index (χ0v) is 14.5. The van der Waals surface area contributed by atoms with E-state index in [9.17, 15) is 8.42 Å². The molecule has 0 amide bonds. The van der Waals surface area contributed by atoms with Gasteiger partial charge >= 0.3 is 0 Å². The fourth-order valence-corrected chi connectivity index (χ4v) is 4.52. The van der Waals surface area contributed by atoms with Gasteiger partial charge < -0.3 is 0 Å². The van der Waals surface area contributed by atoms with E-state index in [1.54, 1.807) is 16.4 Å². The monoisotopic (exact) mass is 321 g/mol. The van der Waals surface area contributed by atoms with Crippen LogP contribution in [0.2, 0.25) is 0 Å². The Morgan fingerprint density at radius 1 is 1.23 bits per heavy atom. The van der Waals surface area contributed by atoms with E-state index in [1.165, 1.54) is 19.3 Å². The summed E-state index contributed by atoms with van der Waals surface area (Å²) in [5.41, 5.74) is 1.08. The number of benzene rings is 1. The Bertz CT molecular complexity index is 590. The number of unbranched alkanes of at least 4 members (excludes halogenated alkanes) is 3. The summed E-state index contributed by atoms with van der Waals surface area (Å²) >= 11 is 0. The van der Waals surface area contributed by atoms with Crippen molar-refractivity contribution in [3.8, 4) is 0 Å². The van der Waals surface area contributed by atoms with Crippen molar-refractivity contribution in [1.82, 2.24) is 4.31 Å². The molecule has 1 aliphatic heterocycles. The van der Waals surface area contributed by atoms with Gasteiger partial charge in [0.1, 0.15) is 0 Å². The summed E-state index contributed by atoms with van der Waals surface area (Å²) < 4.78 is 27.2. The molecular weight excluding hydrogens is 294 g/mol. The topological polar surface area (TPSA) is 37.4 Å². The molecule has 1 atom stereocenters. The molecule has 1 saturated heterocycles. The molecule has 3 nitrogen and oxygen atoms in total. The molecule has 0 aromatic heterocycles. The summed E-state index contributed by atoms with van der Waals surface area (Å²) in [4.78, 5) is 0.407. The molecule has 0 N–H and O–H groups in total. The molecule has 1 fully saturated rings. The SMILES string of the molecule is CCCCC/C=C/C1CCCN1S(=O)(=O)c1ccc(C)cc1. The average Bonchev–Trinajstić information content (AvgIpc) is 2.97. The quantitative estimate of drug-likeness (QED) is 0.555. The van der Waals surface area contributed by atoms with Crippen LogP contribution in [0.1, 0.15) is 51.0 Å². The summed E-state index contributed by atoms with van der Waals surface area (Å²) in [6.07, 6.45) is 10.8. The number of allylic oxidation sites excluding steroid dienone is 1. The molecule has 1 aliphatic rings. The van der Waals surface area contributed by atoms with Crippen molar-refractivity contribution in [2.45, 2.75) is 63.3 Å². The van der Waals surface area contributed by atoms with Crippen molar-refractivity contribution < 1.29 is 8.42 Å². The van der Waals surface area contributed by atoms with Crippen molar-refractivity contribution in [2.24, 2.45) is 0 Å². The predicted octanol–water partition coefficient (Wildman–Crippen LogP) is 4.28. The van der Waals surface area contributed by atoms with Gasteiger partial charge in [-0.3, -0.25) is 0 Å². The molecule has 2 rings (SSSR count). The lowest BCUT2D eigenvalue weighted by molar-refractivity contribution is 0.432. The molecule has 0 saturated carbocycles. The largest absolute Gasteiger partial charge is 0.243 e. The number of aryl methyl sites for hydroxylation is 1. The first-order valence-electron chi connectivity index (χ1n) is 8.31. The zero-order valence-electron chi connectivity index (χ0n) is 13.7. The number of nitrogens with zero attached hydrogens (tertiary/aromatic N) is 1. The molecule has 0 radical (unpaired) electrons. The van der Waals surface area contributed by atoms with E-state index < -0.39 is 10.0 Å². The summed E-state index contributed by atoms with van der Waals surface area (Å²) in [5, 5.41) is 0. The van der Waals surface area contributed by atoms with Gasteiger partial charge in [-0.25, -0.2) is 8.42 Å². The molecule has 1 aromatic carbocycles. The summed E-state index contributed by atoms with van der Waals surface area (Å²) in [6.45, 7) is 4.78. The minimum atomic E-state index is -3.37. The standard InChI is InChI=1S/C18H27NO2S/c1-3-4-5-6-7-9-17-10-8-15-19(17)22(20,21)18-13-11-16(2)12-14-18/h7,9,11-14,17H,3-6,8,10,15H2,1-2H3/b9-7+. The van der Waals surface area contributed by atoms with Crippen LogP contribution in [0.15, 0.2) is 41.3 Å². The van der Waals surface area contributed by atoms with Gasteiger partial charge in [0, 0.05) is 12.6 Å². The van der Waals surface area contributed by atoms with E-state index >= 15 is 0 Å². The number of rotatable bonds is 7. The summed E-state index contributed by atoms with van der Waals surface area (Å²) in [5.74, 6) is 0. The molecule has 0 aliphatic carbocycles. The number of hydrogen-bond acceptors (Lipinski definition) is 2. The van der Waals surface area contributed by atoms with Gasteiger partial charge in [-0.2, -0.15) is 4.31 Å². The molecule has 122 valence electrons. The van der Waals surface area contributed by atoms with Gasteiger partial charge in [0.2, 0.25) is 10.0 Å². The van der Waals surface area contributed by atoms with Crippen molar-refractivity contribution >= 4 is 10.0 Å². The Balaban J connectivity index is 2.07. The molecule has 4 heteroatoms. The van der Waals surface area contributed by atoms with E-state index in [0.717, 1.165) is 24.8 Å². The van der Waals surface area contributed by atoms with Crippen molar-refractivity contribution in [1.29, 1.82) is 0 Å². The molecule has 1 unspecified atom stereocenters. The van der Waals surface area contributed by atoms with E-state index in [2.05, 4.69) is 19.1 Å². The maximum Gasteiger partial charge on any atom is 0.243 e. The Labute approximate surface area is 135 Å². The highest BCUT2D eigenvalue weighted by Crippen LogP contribution is 2.27. The van der Waals surface area contributed by atoms with Crippen LogP contribution in [0.3, 0.4) is 0 Å². The van der Waals surface area contributed by atoms with Gasteiger partial charge in [-0.05, 0) is 44.7 Å². The number of hydrogen-bond donors (Lipinski definition) is 0. The molecule has 22 heavy (non-hydrogen) atoms. The molecular formula is C18H27NO2S. The lowest BCUT2D eigenvalue weighted by Gasteiger charge is -2.21. The highest BCUT2D eigenvalue weighted by Gasteiger charge is 2.33. The van der Waals surface area contributed by atoms with Gasteiger partial charge in [-0.1, -0.05) is 49.6 Å². The highest BCUT2D eigenvalue weighted by molar-refractivity contribution is 7.89. The first-order valence-corrected chi connectivity index (χ1v) is 9.75. The van der Waals surface area contributed by atoms with Crippen LogP contribution in [0.25, 0.3) is 0 Å². The third kappa shape index (κ3) is 4.20. The van der Waals surface area contributed by atoms with Gasteiger partial charge in [0.05, 0.1) is 4.90 Å². The van der Waals surface area contributed by atoms with Crippen molar-refractivity contribution in [3.63, 3.8) is 0 Å². The second kappa shape index (κ2) is 7.93. The van der Waals surface area contributed by atoms with Crippen LogP contribution in [-0.2, 0) is 10.0 Å². The smallest absolute Gasteiger partial charge is 0.207 e. The third-order valence-corrected chi connectivity index (χ3v) is 6.15. The normalized spacial score (nSPS) is 20.0. The van der Waals surface area contributed by atoms with E-state index in [1.807, 2.05) is 19.1 Å². The minimum absolute atomic E-state index is 0.0212. The number of sulfonamides is 1. The van der Waals surface area contributed by atoms with Crippen LogP contribution in [0.4, 0.5) is 0 Å². The van der Waals surface area contributed by atoms with Crippen LogP contribution in [-0.4, -0.2) is 25.3 Å². The Hall–Kier alpha value is -1.13. The molecule has 0 spiro atoms. The molecule has 0 bridgehead atoms. The summed E-state index contributed by atoms with van der Waals surface area (Å²) in [6, 6.07) is 7.17. The first kappa shape index (κ1) is 17.2. The van der Waals surface area contributed by atoms with E-state index in [-0.39, 0.29) is 6.04 Å². The lowest BCUT2D eigenvalue weighted by atomic mass is 10.1. The molecule has 1 aromatic rings. The highest BCUT2D eigenvalue weighted by atomic mass is 32.2. The van der Waals surface area contributed by atoms with Crippen LogP contribution in [0, 0.1) is 6.92 Å². The molecule has 1 heterocycles. The second-order valence-electron chi connectivity index (χ2n) is 6.06. The minimum Gasteiger partial charge on any atom is -0.207 e. The predicted molar refractivity (Wildman–Crippen MR) is 91.4 cm³/mol. The summed E-state index contributed by atoms with van der Waals surface area (Å²) in [7, 11) is -3.37. The lowest BCUT2D eigenvalue weighted by Crippen LogP contribution is -2.34. The van der Waals surface area contributed by atoms with Gasteiger partial charge in [-0.15, -0.1) is 0 Å².